The van der Waals surface area contributed by atoms with Gasteiger partial charge in [-0.2, -0.15) is 0 Å². The molecule has 23 heteroatoms. The number of amides is 4. The van der Waals surface area contributed by atoms with Crippen molar-refractivity contribution in [3.63, 3.8) is 0 Å². The number of aliphatic hydroxyl groups excluding tert-OH is 2. The average Bonchev–Trinajstić information content (AvgIpc) is 1.82. The summed E-state index contributed by atoms with van der Waals surface area (Å²) in [6.45, 7) is 21.2. The van der Waals surface area contributed by atoms with Crippen molar-refractivity contribution >= 4 is 81.3 Å². The number of aromatic nitrogens is 1. The Kier molecular flexibility index (Phi) is 24.8. The molecule has 0 bridgehead atoms. The number of aliphatic carboxylic acids is 1. The summed E-state index contributed by atoms with van der Waals surface area (Å²) in [6, 6.07) is 4.19. The second kappa shape index (κ2) is 31.8. The first-order valence-electron chi connectivity index (χ1n) is 32.0. The van der Waals surface area contributed by atoms with E-state index in [1.807, 2.05) is 0 Å². The standard InChI is InChI=1S/C66H96N6O15S2/c1-39(48-14-15-49-57-47(18-20-66(48,49)7)46-13-11-44(73)34-43(46)35-52(57)74)10-17-54(75)67-21-9-22-68-55(76)19-26-83-28-30-85-32-33-86-31-29-84-27-25-72(24-23-71(8)56(77)37-65(5,6)58-42(4)59(78)40(2)41(3)60(58)79)64(82)87-45-12-16-50-53(36-45)89-62(69-50)61-70-51(38-88-61)63(80)81/h12,16,36,39,43-44,46-49,51-52,57,73-74,78-79H,3-4,9-11,13-15,17-35,37-38H2,1-2,5-8H3,(H,67,75)(H,68,76)(H,80,81)/t39-,43+,44-,46+,47-,48-,49+,51?,52-,57-,66-/m0/s1. The van der Waals surface area contributed by atoms with Crippen LogP contribution in [0.15, 0.2) is 23.2 Å². The Morgan fingerprint density at radius 2 is 1.51 bits per heavy atom. The summed E-state index contributed by atoms with van der Waals surface area (Å²) in [4.78, 5) is 76.1. The van der Waals surface area contributed by atoms with Crippen LogP contribution in [0.4, 0.5) is 4.79 Å². The van der Waals surface area contributed by atoms with Crippen LogP contribution < -0.4 is 25.8 Å². The molecule has 1 aliphatic heterocycles. The first-order chi connectivity index (χ1) is 42.5. The number of phenolic OH excluding ortho intramolecular Hbond substituents is 2. The number of hydrogen-bond donors (Lipinski definition) is 7. The average molecular weight is 1280 g/mol. The van der Waals surface area contributed by atoms with E-state index in [0.29, 0.717) is 131 Å². The first kappa shape index (κ1) is 69.5. The molecule has 0 saturated heterocycles. The number of likely N-dealkylation sites (N-methyl/N-ethyl adjacent to an activating group) is 1. The maximum atomic E-state index is 13.8. The number of carbonyl (C=O) groups is 5. The third kappa shape index (κ3) is 17.6. The molecule has 4 amide bonds. The number of phenols is 2. The number of nitrogens with one attached hydrogen (secondary N) is 2. The number of carbonyl (C=O) groups excluding carboxylic acids is 4. The van der Waals surface area contributed by atoms with E-state index in [0.717, 1.165) is 32.1 Å². The highest BCUT2D eigenvalue weighted by Gasteiger charge is 2.60. The summed E-state index contributed by atoms with van der Waals surface area (Å²) in [5, 5.41) is 60.5. The fourth-order valence-corrected chi connectivity index (χ4v) is 17.1. The van der Waals surface area contributed by atoms with Crippen molar-refractivity contribution in [2.75, 3.05) is 98.4 Å². The van der Waals surface area contributed by atoms with Crippen LogP contribution in [-0.4, -0.2) is 192 Å². The van der Waals surface area contributed by atoms with E-state index in [-0.39, 0.29) is 122 Å². The second-order valence-corrected chi connectivity index (χ2v) is 28.2. The molecule has 492 valence electrons. The van der Waals surface area contributed by atoms with Crippen LogP contribution in [-0.2, 0) is 43.5 Å². The highest BCUT2D eigenvalue weighted by atomic mass is 32.2. The molecule has 11 atom stereocenters. The van der Waals surface area contributed by atoms with Crippen molar-refractivity contribution in [3.8, 4) is 17.2 Å². The lowest BCUT2D eigenvalue weighted by atomic mass is 9.48. The number of ether oxygens (including phenoxy) is 5. The molecule has 2 heterocycles. The van der Waals surface area contributed by atoms with Gasteiger partial charge in [0.15, 0.2) is 6.04 Å². The minimum atomic E-state index is -0.996. The van der Waals surface area contributed by atoms with E-state index in [1.54, 1.807) is 46.0 Å². The lowest BCUT2D eigenvalue weighted by molar-refractivity contribution is -0.138. The van der Waals surface area contributed by atoms with Crippen LogP contribution in [0, 0.1) is 53.8 Å². The largest absolute Gasteiger partial charge is 0.507 e. The Balaban J connectivity index is 0.668. The van der Waals surface area contributed by atoms with Gasteiger partial charge >= 0.3 is 12.1 Å². The molecule has 3 aromatic rings. The number of aliphatic hydroxyl groups is 2. The molecular weight excluding hydrogens is 1180 g/mol. The van der Waals surface area contributed by atoms with Gasteiger partial charge in [0.05, 0.1) is 75.3 Å². The Labute approximate surface area is 531 Å². The SMILES string of the molecule is C=c1c(C)c(O)c(=C)c(C(C)(C)CC(=O)N(C)CCN(CCOCCOCCOCCOCCC(=O)NCCCNC(=O)CC[C@H](C)[C@@H]2CC[C@@H]3[C@@H]4[C@@H](CC[C@]32C)[C@@H]2CC[C@H](O)C[C@@H]2C[C@@H]4O)C(=O)Oc2ccc3nc(C4=NC(C(=O)O)CS4)sc3c2)c1O. The molecule has 1 aromatic heterocycles. The maximum absolute atomic E-state index is 13.8. The normalized spacial score (nSPS) is 25.1. The summed E-state index contributed by atoms with van der Waals surface area (Å²) in [7, 11) is 1.62. The fraction of sp³-hybridized carbons (Fsp3) is 0.682. The van der Waals surface area contributed by atoms with Crippen LogP contribution >= 0.6 is 23.1 Å². The number of thiazole rings is 1. The van der Waals surface area contributed by atoms with Crippen molar-refractivity contribution < 1.29 is 73.2 Å². The van der Waals surface area contributed by atoms with Gasteiger partial charge in [0.2, 0.25) is 17.7 Å². The van der Waals surface area contributed by atoms with E-state index in [1.165, 1.54) is 58.6 Å². The zero-order chi connectivity index (χ0) is 64.2. The van der Waals surface area contributed by atoms with Gasteiger partial charge < -0.3 is 69.7 Å². The second-order valence-electron chi connectivity index (χ2n) is 26.2. The van der Waals surface area contributed by atoms with Crippen LogP contribution in [0.2, 0.25) is 0 Å². The molecule has 4 aliphatic carbocycles. The van der Waals surface area contributed by atoms with Crippen LogP contribution in [0.5, 0.6) is 17.2 Å². The van der Waals surface area contributed by atoms with E-state index < -0.39 is 23.5 Å². The van der Waals surface area contributed by atoms with Gasteiger partial charge in [0.25, 0.3) is 0 Å². The summed E-state index contributed by atoms with van der Waals surface area (Å²) >= 11 is 2.64. The topological polar surface area (TPSA) is 288 Å². The van der Waals surface area contributed by atoms with Gasteiger partial charge in [0, 0.05) is 97.8 Å². The molecule has 2 aromatic carbocycles. The van der Waals surface area contributed by atoms with Gasteiger partial charge in [-0.3, -0.25) is 19.4 Å². The zero-order valence-electron chi connectivity index (χ0n) is 52.9. The fourth-order valence-electron chi connectivity index (χ4n) is 15.0. The number of carboxylic acids is 1. The van der Waals surface area contributed by atoms with Gasteiger partial charge in [-0.05, 0) is 130 Å². The smallest absolute Gasteiger partial charge is 0.415 e. The van der Waals surface area contributed by atoms with Crippen LogP contribution in [0.3, 0.4) is 0 Å². The highest BCUT2D eigenvalue weighted by molar-refractivity contribution is 8.15. The zero-order valence-corrected chi connectivity index (χ0v) is 54.6. The van der Waals surface area contributed by atoms with E-state index in [4.69, 9.17) is 23.7 Å². The van der Waals surface area contributed by atoms with Crippen molar-refractivity contribution in [2.24, 2.45) is 51.8 Å². The van der Waals surface area contributed by atoms with Gasteiger partial charge in [-0.15, -0.1) is 23.1 Å². The Bertz CT molecular complexity index is 3090. The third-order valence-electron chi connectivity index (χ3n) is 19.9. The molecule has 8 rings (SSSR count). The third-order valence-corrected chi connectivity index (χ3v) is 22.1. The minimum absolute atomic E-state index is 0.0461. The molecule has 89 heavy (non-hydrogen) atoms. The number of nitrogens with zero attached hydrogens (tertiary/aromatic N) is 4. The summed E-state index contributed by atoms with van der Waals surface area (Å²) < 4.78 is 29.3. The maximum Gasteiger partial charge on any atom is 0.415 e. The molecule has 0 spiro atoms. The summed E-state index contributed by atoms with van der Waals surface area (Å²) in [6.07, 6.45) is 9.37. The molecule has 0 radical (unpaired) electrons. The molecule has 4 saturated carbocycles. The number of fused-ring (bicyclic) bond motifs is 6. The van der Waals surface area contributed by atoms with Gasteiger partial charge in [-0.25, -0.2) is 14.6 Å². The van der Waals surface area contributed by atoms with Crippen molar-refractivity contribution in [2.45, 2.75) is 142 Å². The molecule has 21 nitrogen and oxygen atoms in total. The van der Waals surface area contributed by atoms with Gasteiger partial charge in [-0.1, -0.05) is 40.9 Å². The Morgan fingerprint density at radius 3 is 2.19 bits per heavy atom. The number of hydrogen-bond acceptors (Lipinski definition) is 18. The molecule has 5 aliphatic rings. The number of aromatic hydroxyl groups is 2. The van der Waals surface area contributed by atoms with E-state index in [9.17, 15) is 49.5 Å². The number of benzene rings is 2. The molecular formula is C66H96N6O15S2. The lowest BCUT2D eigenvalue weighted by Crippen LogP contribution is -2.54. The monoisotopic (exact) mass is 1280 g/mol. The first-order valence-corrected chi connectivity index (χ1v) is 33.8. The highest BCUT2D eigenvalue weighted by Crippen LogP contribution is 2.65. The summed E-state index contributed by atoms with van der Waals surface area (Å²) in [5.74, 6) is 2.58. The van der Waals surface area contributed by atoms with Crippen molar-refractivity contribution in [1.82, 2.24) is 25.4 Å². The number of rotatable bonds is 32. The van der Waals surface area contributed by atoms with Crippen molar-refractivity contribution in [3.05, 3.63) is 44.8 Å². The van der Waals surface area contributed by atoms with Crippen molar-refractivity contribution in [1.29, 1.82) is 0 Å². The number of carboxylic acid groups (broad SMARTS) is 1. The van der Waals surface area contributed by atoms with Crippen LogP contribution in [0.1, 0.15) is 127 Å². The predicted octanol–water partition coefficient (Wildman–Crippen LogP) is 6.51. The van der Waals surface area contributed by atoms with Crippen LogP contribution in [0.25, 0.3) is 23.4 Å². The predicted molar refractivity (Wildman–Crippen MR) is 343 cm³/mol. The van der Waals surface area contributed by atoms with E-state index in [2.05, 4.69) is 47.6 Å². The Hall–Kier alpha value is -5.40. The molecule has 7 N–H and O–H groups in total. The van der Waals surface area contributed by atoms with Gasteiger partial charge in [0.1, 0.15) is 27.3 Å². The Morgan fingerprint density at radius 1 is 0.831 bits per heavy atom. The molecule has 4 fully saturated rings. The van der Waals surface area contributed by atoms with E-state index >= 15 is 0 Å². The number of aliphatic imine (C=N–C) groups is 1. The number of thioether (sulfide) groups is 1. The quantitative estimate of drug-likeness (QED) is 0.0259. The minimum Gasteiger partial charge on any atom is -0.507 e. The molecule has 1 unspecified atom stereocenters. The summed E-state index contributed by atoms with van der Waals surface area (Å²) in [5.41, 5.74) is 0.622. The lowest BCUT2D eigenvalue weighted by Gasteiger charge is -2.58.